The minimum Gasteiger partial charge on any atom is -0.493 e. The van der Waals surface area contributed by atoms with E-state index in [-0.39, 0.29) is 22.2 Å². The standard InChI is InChI=1S/C26H25ClN8O5S/c1-26(33-25(39)40)8-11-34(12-9-26)17-13-29-23(20(28)31-17)41-15-6-4-5-14(19(15)27)30-21(36)18-22(37)32-16-7-2-3-10-35(16)24(18)38/h2-7,10,13,33,37H,8-9,11-12H2,1H3,(H2,28,31)(H,30,36)(H,39,40). The summed E-state index contributed by atoms with van der Waals surface area (Å²) in [6.45, 7) is 3.03. The minimum absolute atomic E-state index is 0.172. The molecule has 0 spiro atoms. The van der Waals surface area contributed by atoms with Gasteiger partial charge in [-0.3, -0.25) is 14.0 Å². The highest BCUT2D eigenvalue weighted by molar-refractivity contribution is 7.99. The number of carbonyl (C=O) groups is 2. The van der Waals surface area contributed by atoms with Crippen molar-refractivity contribution < 1.29 is 19.8 Å². The quantitative estimate of drug-likeness (QED) is 0.219. The molecule has 13 nitrogen and oxygen atoms in total. The van der Waals surface area contributed by atoms with Gasteiger partial charge in [-0.05, 0) is 44.0 Å². The third-order valence-corrected chi connectivity index (χ3v) is 8.30. The second-order valence-electron chi connectivity index (χ2n) is 9.61. The van der Waals surface area contributed by atoms with Gasteiger partial charge in [0.05, 0.1) is 16.9 Å². The number of carbonyl (C=O) groups excluding carboxylic acids is 1. The highest BCUT2D eigenvalue weighted by Crippen LogP contribution is 2.39. The molecule has 1 saturated heterocycles. The Morgan fingerprint density at radius 2 is 1.90 bits per heavy atom. The Kier molecular flexibility index (Phi) is 7.60. The van der Waals surface area contributed by atoms with Gasteiger partial charge in [-0.2, -0.15) is 4.98 Å². The van der Waals surface area contributed by atoms with Crippen LogP contribution in [-0.2, 0) is 0 Å². The molecule has 0 radical (unpaired) electrons. The zero-order chi connectivity index (χ0) is 29.3. The first kappa shape index (κ1) is 28.0. The van der Waals surface area contributed by atoms with Crippen molar-refractivity contribution in [2.75, 3.05) is 29.0 Å². The summed E-state index contributed by atoms with van der Waals surface area (Å²) in [5, 5.41) is 25.1. The first-order chi connectivity index (χ1) is 19.5. The first-order valence-corrected chi connectivity index (χ1v) is 13.6. The summed E-state index contributed by atoms with van der Waals surface area (Å²) in [4.78, 5) is 52.3. The molecule has 15 heteroatoms. The lowest BCUT2D eigenvalue weighted by Gasteiger charge is -2.39. The number of nitrogen functional groups attached to an aromatic ring is 1. The molecule has 212 valence electrons. The van der Waals surface area contributed by atoms with Gasteiger partial charge < -0.3 is 31.5 Å². The molecule has 0 bridgehead atoms. The van der Waals surface area contributed by atoms with Gasteiger partial charge in [0.1, 0.15) is 16.5 Å². The number of fused-ring (bicyclic) bond motifs is 1. The number of aromatic hydroxyl groups is 1. The molecule has 1 aromatic carbocycles. The number of pyridine rings is 1. The van der Waals surface area contributed by atoms with Crippen molar-refractivity contribution in [2.45, 2.75) is 35.2 Å². The third-order valence-electron chi connectivity index (χ3n) is 6.71. The fourth-order valence-electron chi connectivity index (χ4n) is 4.48. The number of hydrogen-bond donors (Lipinski definition) is 5. The molecule has 3 aromatic heterocycles. The SMILES string of the molecule is CC1(NC(=O)O)CCN(c2cnc(Sc3cccc(NC(=O)c4c(O)nc5ccccn5c4=O)c3Cl)c(N)n2)CC1. The summed E-state index contributed by atoms with van der Waals surface area (Å²) < 4.78 is 1.16. The van der Waals surface area contributed by atoms with E-state index in [0.29, 0.717) is 41.7 Å². The second kappa shape index (κ2) is 11.1. The van der Waals surface area contributed by atoms with Crippen molar-refractivity contribution in [2.24, 2.45) is 0 Å². The summed E-state index contributed by atoms with van der Waals surface area (Å²) in [7, 11) is 0. The topological polar surface area (TPSA) is 188 Å². The van der Waals surface area contributed by atoms with Crippen LogP contribution in [-0.4, -0.2) is 60.2 Å². The highest BCUT2D eigenvalue weighted by Gasteiger charge is 2.32. The van der Waals surface area contributed by atoms with Crippen LogP contribution in [0.2, 0.25) is 5.02 Å². The van der Waals surface area contributed by atoms with Gasteiger partial charge in [0, 0.05) is 29.7 Å². The van der Waals surface area contributed by atoms with Gasteiger partial charge in [-0.25, -0.2) is 14.8 Å². The summed E-state index contributed by atoms with van der Waals surface area (Å²) in [6.07, 6.45) is 3.19. The number of hydrogen-bond acceptors (Lipinski definition) is 10. The Bertz CT molecular complexity index is 1720. The van der Waals surface area contributed by atoms with Crippen molar-refractivity contribution in [3.63, 3.8) is 0 Å². The summed E-state index contributed by atoms with van der Waals surface area (Å²) >= 11 is 7.74. The fourth-order valence-corrected chi connectivity index (χ4v) is 5.58. The van der Waals surface area contributed by atoms with E-state index in [2.05, 4.69) is 25.6 Å². The number of rotatable bonds is 6. The molecule has 41 heavy (non-hydrogen) atoms. The van der Waals surface area contributed by atoms with Crippen LogP contribution in [0.25, 0.3) is 5.65 Å². The van der Waals surface area contributed by atoms with E-state index in [1.807, 2.05) is 11.8 Å². The van der Waals surface area contributed by atoms with Gasteiger partial charge >= 0.3 is 6.09 Å². The van der Waals surface area contributed by atoms with Gasteiger partial charge in [-0.1, -0.05) is 35.5 Å². The lowest BCUT2D eigenvalue weighted by atomic mass is 9.90. The van der Waals surface area contributed by atoms with Crippen molar-refractivity contribution in [1.29, 1.82) is 0 Å². The largest absolute Gasteiger partial charge is 0.493 e. The molecule has 5 rings (SSSR count). The van der Waals surface area contributed by atoms with Crippen molar-refractivity contribution >= 4 is 58.3 Å². The van der Waals surface area contributed by atoms with Crippen LogP contribution >= 0.6 is 23.4 Å². The summed E-state index contributed by atoms with van der Waals surface area (Å²) in [5.74, 6) is -0.816. The molecule has 1 aliphatic heterocycles. The normalized spacial score (nSPS) is 14.5. The monoisotopic (exact) mass is 596 g/mol. The van der Waals surface area contributed by atoms with Crippen LogP contribution in [0.1, 0.15) is 30.1 Å². The molecule has 4 heterocycles. The number of anilines is 3. The smallest absolute Gasteiger partial charge is 0.405 e. The van der Waals surface area contributed by atoms with Crippen molar-refractivity contribution in [1.82, 2.24) is 24.7 Å². The summed E-state index contributed by atoms with van der Waals surface area (Å²) in [5.41, 5.74) is 4.86. The maximum atomic E-state index is 13.0. The maximum Gasteiger partial charge on any atom is 0.405 e. The fraction of sp³-hybridized carbons (Fsp3) is 0.231. The number of halogens is 1. The predicted molar refractivity (Wildman–Crippen MR) is 154 cm³/mol. The van der Waals surface area contributed by atoms with E-state index in [1.165, 1.54) is 12.3 Å². The third kappa shape index (κ3) is 5.83. The Morgan fingerprint density at radius 1 is 1.15 bits per heavy atom. The summed E-state index contributed by atoms with van der Waals surface area (Å²) in [6, 6.07) is 9.71. The van der Waals surface area contributed by atoms with E-state index < -0.39 is 34.5 Å². The Hall–Kier alpha value is -4.56. The number of nitrogens with one attached hydrogen (secondary N) is 2. The van der Waals surface area contributed by atoms with Gasteiger partial charge in [0.2, 0.25) is 5.88 Å². The first-order valence-electron chi connectivity index (χ1n) is 12.4. The number of piperidine rings is 1. The lowest BCUT2D eigenvalue weighted by Crippen LogP contribution is -2.53. The van der Waals surface area contributed by atoms with Crippen LogP contribution in [0.3, 0.4) is 0 Å². The zero-order valence-electron chi connectivity index (χ0n) is 21.7. The molecule has 4 aromatic rings. The molecule has 0 aliphatic carbocycles. The van der Waals surface area contributed by atoms with Gasteiger partial charge in [0.15, 0.2) is 11.4 Å². The van der Waals surface area contributed by atoms with E-state index in [4.69, 9.17) is 22.4 Å². The minimum atomic E-state index is -1.05. The number of benzene rings is 1. The van der Waals surface area contributed by atoms with Crippen LogP contribution in [0.4, 0.5) is 22.1 Å². The van der Waals surface area contributed by atoms with Crippen LogP contribution in [0.15, 0.2) is 63.5 Å². The number of carboxylic acid groups (broad SMARTS) is 1. The van der Waals surface area contributed by atoms with Crippen molar-refractivity contribution in [3.05, 3.63) is 69.7 Å². The average molecular weight is 597 g/mol. The molecule has 0 unspecified atom stereocenters. The molecule has 1 fully saturated rings. The molecular weight excluding hydrogens is 572 g/mol. The molecule has 6 N–H and O–H groups in total. The zero-order valence-corrected chi connectivity index (χ0v) is 23.2. The van der Waals surface area contributed by atoms with Crippen LogP contribution in [0.5, 0.6) is 5.88 Å². The number of amides is 2. The lowest BCUT2D eigenvalue weighted by molar-refractivity contribution is 0.102. The number of nitrogens with zero attached hydrogens (tertiary/aromatic N) is 5. The Balaban J connectivity index is 1.31. The maximum absolute atomic E-state index is 13.0. The van der Waals surface area contributed by atoms with E-state index >= 15 is 0 Å². The average Bonchev–Trinajstić information content (AvgIpc) is 2.92. The van der Waals surface area contributed by atoms with E-state index in [1.54, 1.807) is 36.5 Å². The molecule has 1 aliphatic rings. The molecular formula is C26H25ClN8O5S. The van der Waals surface area contributed by atoms with Gasteiger partial charge in [-0.15, -0.1) is 0 Å². The Labute approximate surface area is 242 Å². The van der Waals surface area contributed by atoms with Crippen LogP contribution < -0.4 is 26.8 Å². The number of aromatic nitrogens is 4. The molecule has 0 atom stereocenters. The van der Waals surface area contributed by atoms with E-state index in [0.717, 1.165) is 16.2 Å². The van der Waals surface area contributed by atoms with Gasteiger partial charge in [0.25, 0.3) is 11.5 Å². The van der Waals surface area contributed by atoms with E-state index in [9.17, 15) is 19.5 Å². The van der Waals surface area contributed by atoms with Crippen molar-refractivity contribution in [3.8, 4) is 5.88 Å². The molecule has 0 saturated carbocycles. The second-order valence-corrected chi connectivity index (χ2v) is 11.0. The molecule has 2 amide bonds. The number of nitrogens with two attached hydrogens (primary N) is 1. The highest BCUT2D eigenvalue weighted by atomic mass is 35.5. The predicted octanol–water partition coefficient (Wildman–Crippen LogP) is 3.46. The van der Waals surface area contributed by atoms with Crippen LogP contribution in [0, 0.1) is 0 Å². The Morgan fingerprint density at radius 3 is 2.61 bits per heavy atom.